The Morgan fingerprint density at radius 2 is 2.03 bits per heavy atom. The van der Waals surface area contributed by atoms with Crippen LogP contribution in [0, 0.1) is 0 Å². The van der Waals surface area contributed by atoms with Crippen LogP contribution in [0.4, 0.5) is 9.93 Å². The second-order valence-corrected chi connectivity index (χ2v) is 9.37. The molecular weight excluding hydrogens is 549 g/mol. The van der Waals surface area contributed by atoms with Crippen LogP contribution < -0.4 is 55.0 Å². The van der Waals surface area contributed by atoms with Gasteiger partial charge in [-0.1, -0.05) is 23.9 Å². The van der Waals surface area contributed by atoms with Gasteiger partial charge in [-0.2, -0.15) is 9.36 Å². The van der Waals surface area contributed by atoms with E-state index >= 15 is 0 Å². The Hall–Kier alpha value is -3.31. The van der Waals surface area contributed by atoms with E-state index in [9.17, 15) is 29.4 Å². The summed E-state index contributed by atoms with van der Waals surface area (Å²) >= 11 is 1.92. The summed E-state index contributed by atoms with van der Waals surface area (Å²) in [5.74, 6) is -2.98. The third-order valence-electron chi connectivity index (χ3n) is 5.09. The maximum atomic E-state index is 13.0. The van der Waals surface area contributed by atoms with Gasteiger partial charge in [0.2, 0.25) is 16.7 Å². The molecule has 2 N–H and O–H groups in total. The largest absolute Gasteiger partial charge is 1.00 e. The SMILES string of the molecule is C=CCO/N=C(\C(=O)NC1C(=O)N2C(C(=O)[O-])=C(C[n+]3ccccc3)CS[C@H]12)c1nsc(NC(=O)[O-])n1.[Na+]. The summed E-state index contributed by atoms with van der Waals surface area (Å²) in [5, 5.41) is 29.9. The van der Waals surface area contributed by atoms with Crippen molar-refractivity contribution in [1.82, 2.24) is 19.6 Å². The Morgan fingerprint density at radius 3 is 2.68 bits per heavy atom. The number of carboxylic acid groups (broad SMARTS) is 2. The van der Waals surface area contributed by atoms with E-state index in [4.69, 9.17) is 4.84 Å². The van der Waals surface area contributed by atoms with E-state index in [1.807, 2.05) is 11.4 Å². The molecule has 0 aliphatic carbocycles. The molecule has 1 unspecified atom stereocenters. The monoisotopic (exact) mass is 567 g/mol. The zero-order valence-corrected chi connectivity index (χ0v) is 23.5. The van der Waals surface area contributed by atoms with Gasteiger partial charge in [-0.15, -0.1) is 11.8 Å². The fourth-order valence-corrected chi connectivity index (χ4v) is 5.45. The van der Waals surface area contributed by atoms with Crippen molar-refractivity contribution < 1.29 is 68.4 Å². The average Bonchev–Trinajstić information content (AvgIpc) is 3.32. The van der Waals surface area contributed by atoms with Crippen molar-refractivity contribution in [1.29, 1.82) is 0 Å². The zero-order chi connectivity index (χ0) is 26.5. The summed E-state index contributed by atoms with van der Waals surface area (Å²) in [6.45, 7) is 3.67. The molecule has 4 rings (SSSR count). The van der Waals surface area contributed by atoms with Gasteiger partial charge in [0, 0.05) is 35.0 Å². The normalized spacial score (nSPS) is 18.5. The van der Waals surface area contributed by atoms with E-state index in [1.54, 1.807) is 29.1 Å². The first kappa shape index (κ1) is 29.2. The summed E-state index contributed by atoms with van der Waals surface area (Å²) in [6.07, 6.45) is 3.30. The van der Waals surface area contributed by atoms with Crippen LogP contribution in [0.15, 0.2) is 59.7 Å². The summed E-state index contributed by atoms with van der Waals surface area (Å²) in [4.78, 5) is 58.6. The molecule has 1 saturated heterocycles. The van der Waals surface area contributed by atoms with Gasteiger partial charge in [-0.05, 0) is 0 Å². The molecule has 38 heavy (non-hydrogen) atoms. The fourth-order valence-electron chi connectivity index (χ4n) is 3.56. The smallest absolute Gasteiger partial charge is 0.543 e. The maximum absolute atomic E-state index is 13.0. The Balaban J connectivity index is 0.00000400. The number of hydrogen-bond donors (Lipinski definition) is 2. The molecule has 2 aliphatic rings. The third-order valence-corrected chi connectivity index (χ3v) is 7.06. The van der Waals surface area contributed by atoms with E-state index < -0.39 is 41.0 Å². The van der Waals surface area contributed by atoms with Crippen LogP contribution in [0.5, 0.6) is 0 Å². The van der Waals surface area contributed by atoms with Crippen molar-refractivity contribution in [2.75, 3.05) is 17.7 Å². The predicted octanol–water partition coefficient (Wildman–Crippen LogP) is -5.40. The number of β-lactam (4-membered cyclic amide) rings is 1. The molecule has 0 radical (unpaired) electrons. The Morgan fingerprint density at radius 1 is 1.29 bits per heavy atom. The van der Waals surface area contributed by atoms with Gasteiger partial charge in [0.1, 0.15) is 24.1 Å². The molecule has 17 heteroatoms. The Labute approximate surface area is 245 Å². The average molecular weight is 568 g/mol. The van der Waals surface area contributed by atoms with Gasteiger partial charge in [-0.3, -0.25) is 14.5 Å². The number of nitrogens with zero attached hydrogens (tertiary/aromatic N) is 5. The number of carbonyl (C=O) groups is 4. The van der Waals surface area contributed by atoms with Crippen LogP contribution >= 0.6 is 23.3 Å². The molecule has 0 bridgehead atoms. The molecule has 0 aromatic carbocycles. The summed E-state index contributed by atoms with van der Waals surface area (Å²) in [7, 11) is 0. The zero-order valence-electron chi connectivity index (χ0n) is 19.9. The predicted molar refractivity (Wildman–Crippen MR) is 125 cm³/mol. The van der Waals surface area contributed by atoms with Gasteiger partial charge < -0.3 is 35.3 Å². The van der Waals surface area contributed by atoms with E-state index in [1.165, 1.54) is 17.8 Å². The molecule has 1 fully saturated rings. The van der Waals surface area contributed by atoms with Crippen molar-refractivity contribution in [3.8, 4) is 0 Å². The number of amides is 3. The minimum atomic E-state index is -1.62. The fraction of sp³-hybridized carbons (Fsp3) is 0.238. The van der Waals surface area contributed by atoms with Crippen LogP contribution in [0.2, 0.25) is 0 Å². The standard InChI is InChI=1S/C21H19N7O7S2.Na/c1-2-8-35-25-12(15-23-20(37-26-15)24-21(33)34)16(29)22-13-17(30)28-14(19(31)32)11(10-36-18(13)28)9-27-6-4-3-5-7-27;/h2-7,13,18H,1,8-10H2,(H3-,22,23,24,26,29,31,32,33,34);/q;+1/p-1/b25-12-;/t13?,18-;/m1./s1. The number of carboxylic acids is 1. The van der Waals surface area contributed by atoms with Crippen molar-refractivity contribution in [2.24, 2.45) is 5.16 Å². The Kier molecular flexibility index (Phi) is 9.98. The van der Waals surface area contributed by atoms with Crippen molar-refractivity contribution in [2.45, 2.75) is 18.0 Å². The van der Waals surface area contributed by atoms with Crippen molar-refractivity contribution in [3.05, 3.63) is 60.3 Å². The number of aromatic nitrogens is 3. The minimum Gasteiger partial charge on any atom is -0.543 e. The van der Waals surface area contributed by atoms with Crippen molar-refractivity contribution in [3.63, 3.8) is 0 Å². The van der Waals surface area contributed by atoms with E-state index in [0.29, 0.717) is 22.9 Å². The van der Waals surface area contributed by atoms with E-state index in [0.717, 1.165) is 4.90 Å². The van der Waals surface area contributed by atoms with Gasteiger partial charge in [0.15, 0.2) is 18.9 Å². The van der Waals surface area contributed by atoms with Crippen LogP contribution in [0.3, 0.4) is 0 Å². The first-order valence-electron chi connectivity index (χ1n) is 10.6. The first-order valence-corrected chi connectivity index (χ1v) is 12.4. The summed E-state index contributed by atoms with van der Waals surface area (Å²) in [6, 6.07) is 4.35. The number of oxime groups is 1. The molecule has 2 atom stereocenters. The van der Waals surface area contributed by atoms with Crippen LogP contribution in [-0.4, -0.2) is 67.6 Å². The second-order valence-electron chi connectivity index (χ2n) is 7.51. The molecule has 3 amide bonds. The number of hydrogen-bond acceptors (Lipinski definition) is 12. The van der Waals surface area contributed by atoms with Gasteiger partial charge in [0.05, 0.1) is 11.7 Å². The molecular formula is C21H18N7NaO7S2. The molecule has 0 spiro atoms. The number of nitrogens with one attached hydrogen (secondary N) is 2. The first-order chi connectivity index (χ1) is 17.8. The quantitative estimate of drug-likeness (QED) is 0.0532. The molecule has 2 aromatic rings. The Bertz CT molecular complexity index is 1320. The number of aliphatic carboxylic acids is 1. The number of carbonyl (C=O) groups excluding carboxylic acids is 4. The van der Waals surface area contributed by atoms with Gasteiger partial charge in [0.25, 0.3) is 11.8 Å². The topological polar surface area (TPSA) is 193 Å². The molecule has 0 saturated carbocycles. The number of fused-ring (bicyclic) bond motifs is 1. The minimum absolute atomic E-state index is 0. The van der Waals surface area contributed by atoms with E-state index in [-0.39, 0.29) is 59.4 Å². The molecule has 4 heterocycles. The molecule has 14 nitrogen and oxygen atoms in total. The molecule has 2 aromatic heterocycles. The summed E-state index contributed by atoms with van der Waals surface area (Å²) in [5.41, 5.74) is -0.151. The van der Waals surface area contributed by atoms with Crippen LogP contribution in [0.25, 0.3) is 0 Å². The number of rotatable bonds is 10. The van der Waals surface area contributed by atoms with Crippen LogP contribution in [0.1, 0.15) is 5.82 Å². The third kappa shape index (κ3) is 6.39. The number of pyridine rings is 1. The molecule has 192 valence electrons. The number of anilines is 1. The summed E-state index contributed by atoms with van der Waals surface area (Å²) < 4.78 is 5.67. The number of thioether (sulfide) groups is 1. The second kappa shape index (κ2) is 13.0. The van der Waals surface area contributed by atoms with Gasteiger partial charge >= 0.3 is 29.6 Å². The molecule has 2 aliphatic heterocycles. The maximum Gasteiger partial charge on any atom is 1.00 e. The van der Waals surface area contributed by atoms with Crippen LogP contribution in [-0.2, 0) is 25.8 Å². The van der Waals surface area contributed by atoms with Crippen molar-refractivity contribution >= 4 is 58.0 Å². The van der Waals surface area contributed by atoms with Gasteiger partial charge in [-0.25, -0.2) is 4.57 Å². The van der Waals surface area contributed by atoms with E-state index in [2.05, 4.69) is 26.4 Å².